The second-order valence-electron chi connectivity index (χ2n) is 16.2. The van der Waals surface area contributed by atoms with Gasteiger partial charge in [-0.25, -0.2) is 0 Å². The summed E-state index contributed by atoms with van der Waals surface area (Å²) in [5.41, 5.74) is 3.86. The average Bonchev–Trinajstić information content (AvgIpc) is 3.30. The van der Waals surface area contributed by atoms with E-state index in [1.165, 1.54) is 0 Å². The lowest BCUT2D eigenvalue weighted by molar-refractivity contribution is -0.139. The first-order chi connectivity index (χ1) is 31.7. The predicted octanol–water partition coefficient (Wildman–Crippen LogP) is 1.07. The van der Waals surface area contributed by atoms with Gasteiger partial charge in [-0.15, -0.1) is 0 Å². The van der Waals surface area contributed by atoms with Crippen molar-refractivity contribution in [2.24, 2.45) is 0 Å². The quantitative estimate of drug-likeness (QED) is 0.0735. The molecule has 65 heavy (non-hydrogen) atoms. The molecule has 4 N–H and O–H groups in total. The lowest BCUT2D eigenvalue weighted by Gasteiger charge is -2.33. The summed E-state index contributed by atoms with van der Waals surface area (Å²) in [6.45, 7) is 8.73. The van der Waals surface area contributed by atoms with Crippen molar-refractivity contribution < 1.29 is 29.4 Å². The van der Waals surface area contributed by atoms with Crippen LogP contribution < -0.4 is 10.6 Å². The van der Waals surface area contributed by atoms with E-state index < -0.39 is 11.9 Å². The number of rotatable bonds is 25. The largest absolute Gasteiger partial charge is 0.481 e. The van der Waals surface area contributed by atoms with Gasteiger partial charge in [0.15, 0.2) is 0 Å². The zero-order chi connectivity index (χ0) is 45.9. The summed E-state index contributed by atoms with van der Waals surface area (Å²) in [5, 5.41) is 25.5. The number of hydrogen-bond donors (Lipinski definition) is 4. The van der Waals surface area contributed by atoms with Gasteiger partial charge in [-0.2, -0.15) is 0 Å². The molecule has 4 aromatic rings. The maximum Gasteiger partial charge on any atom is 0.317 e. The van der Waals surface area contributed by atoms with Crippen LogP contribution in [0, 0.1) is 0 Å². The minimum Gasteiger partial charge on any atom is -0.481 e. The fourth-order valence-electron chi connectivity index (χ4n) is 7.57. The highest BCUT2D eigenvalue weighted by Gasteiger charge is 2.21. The maximum absolute atomic E-state index is 13.4. The van der Waals surface area contributed by atoms with Crippen LogP contribution in [0.25, 0.3) is 0 Å². The van der Waals surface area contributed by atoms with Crippen molar-refractivity contribution >= 4 is 23.8 Å². The molecular weight excluding hydrogens is 829 g/mol. The number of carbonyl (C=O) groups excluding carboxylic acids is 2. The Labute approximate surface area is 382 Å². The van der Waals surface area contributed by atoms with Gasteiger partial charge in [-0.3, -0.25) is 63.6 Å². The number of carboxylic acid groups (broad SMARTS) is 2. The normalized spacial score (nSPS) is 15.0. The summed E-state index contributed by atoms with van der Waals surface area (Å²) < 4.78 is 0. The van der Waals surface area contributed by atoms with Gasteiger partial charge in [0.05, 0.1) is 37.4 Å². The van der Waals surface area contributed by atoms with Crippen molar-refractivity contribution in [1.82, 2.24) is 60.0 Å². The van der Waals surface area contributed by atoms with Crippen LogP contribution >= 0.6 is 0 Å². The van der Waals surface area contributed by atoms with Gasteiger partial charge < -0.3 is 25.7 Å². The highest BCUT2D eigenvalue weighted by atomic mass is 16.4. The van der Waals surface area contributed by atoms with Crippen molar-refractivity contribution in [3.63, 3.8) is 0 Å². The molecule has 5 rings (SSSR count). The van der Waals surface area contributed by atoms with E-state index in [0.717, 1.165) is 48.7 Å². The molecular formula is C47H66N12O6. The van der Waals surface area contributed by atoms with Gasteiger partial charge in [0.1, 0.15) is 0 Å². The van der Waals surface area contributed by atoms with Gasteiger partial charge in [0.2, 0.25) is 11.8 Å². The van der Waals surface area contributed by atoms with E-state index in [4.69, 9.17) is 0 Å². The van der Waals surface area contributed by atoms with Crippen molar-refractivity contribution in [3.8, 4) is 0 Å². The molecule has 18 heteroatoms. The third-order valence-corrected chi connectivity index (χ3v) is 11.2. The predicted molar refractivity (Wildman–Crippen MR) is 247 cm³/mol. The summed E-state index contributed by atoms with van der Waals surface area (Å²) in [7, 11) is 0. The molecule has 4 aromatic heterocycles. The molecule has 0 bridgehead atoms. The summed E-state index contributed by atoms with van der Waals surface area (Å²) in [6, 6.07) is 23.4. The van der Waals surface area contributed by atoms with Crippen LogP contribution in [0.4, 0.5) is 0 Å². The van der Waals surface area contributed by atoms with E-state index in [-0.39, 0.29) is 37.9 Å². The van der Waals surface area contributed by atoms with Crippen LogP contribution in [0.15, 0.2) is 97.6 Å². The molecule has 1 saturated heterocycles. The lowest BCUT2D eigenvalue weighted by Crippen LogP contribution is -2.50. The first kappa shape index (κ1) is 50.2. The van der Waals surface area contributed by atoms with Crippen LogP contribution in [0.2, 0.25) is 0 Å². The topological polar surface area (TPSA) is 204 Å². The Balaban J connectivity index is 1.15. The molecule has 0 unspecified atom stereocenters. The van der Waals surface area contributed by atoms with Crippen LogP contribution in [0.1, 0.15) is 29.2 Å². The first-order valence-electron chi connectivity index (χ1n) is 22.6. The molecule has 0 atom stereocenters. The Morgan fingerprint density at radius 3 is 1.20 bits per heavy atom. The van der Waals surface area contributed by atoms with Gasteiger partial charge in [-0.05, 0) is 48.5 Å². The van der Waals surface area contributed by atoms with E-state index in [1.54, 1.807) is 24.8 Å². The summed E-state index contributed by atoms with van der Waals surface area (Å²) in [4.78, 5) is 80.9. The number of nitrogens with zero attached hydrogens (tertiary/aromatic N) is 10. The number of carbonyl (C=O) groups is 4. The number of hydrogen-bond acceptors (Lipinski definition) is 14. The molecule has 350 valence electrons. The number of amides is 2. The molecule has 5 heterocycles. The molecule has 0 aromatic carbocycles. The molecule has 0 radical (unpaired) electrons. The van der Waals surface area contributed by atoms with Gasteiger partial charge in [0, 0.05) is 160 Å². The third-order valence-electron chi connectivity index (χ3n) is 11.2. The number of nitrogens with one attached hydrogen (secondary N) is 2. The van der Waals surface area contributed by atoms with E-state index in [1.807, 2.05) is 87.5 Å². The number of aliphatic carboxylic acids is 2. The molecule has 0 aliphatic carbocycles. The van der Waals surface area contributed by atoms with Crippen molar-refractivity contribution in [2.75, 3.05) is 118 Å². The van der Waals surface area contributed by atoms with Crippen molar-refractivity contribution in [2.45, 2.75) is 32.4 Å². The first-order valence-corrected chi connectivity index (χ1v) is 22.6. The van der Waals surface area contributed by atoms with E-state index in [9.17, 15) is 29.4 Å². The van der Waals surface area contributed by atoms with E-state index in [2.05, 4.69) is 45.3 Å². The lowest BCUT2D eigenvalue weighted by atomic mass is 10.2. The highest BCUT2D eigenvalue weighted by molar-refractivity contribution is 5.78. The molecule has 1 aliphatic heterocycles. The van der Waals surface area contributed by atoms with Crippen LogP contribution in [-0.4, -0.2) is 201 Å². The zero-order valence-corrected chi connectivity index (χ0v) is 37.5. The van der Waals surface area contributed by atoms with Crippen LogP contribution in [-0.2, 0) is 45.1 Å². The number of aromatic nitrogens is 4. The average molecular weight is 895 g/mol. The SMILES string of the molecule is O=C(O)CCN1CCN(CC(=O)NCCN(CCc2ccccn2)Cc2ccccn2)CCN(CC(=O)O)CCN(CC(=O)NCCN(CCc2ccccn2)Cc2ccccn2)CC1. The van der Waals surface area contributed by atoms with Crippen molar-refractivity contribution in [3.05, 3.63) is 120 Å². The smallest absolute Gasteiger partial charge is 0.317 e. The van der Waals surface area contributed by atoms with Gasteiger partial charge in [-0.1, -0.05) is 24.3 Å². The maximum atomic E-state index is 13.4. The van der Waals surface area contributed by atoms with E-state index in [0.29, 0.717) is 98.2 Å². The Bertz CT molecular complexity index is 1850. The Morgan fingerprint density at radius 2 is 0.846 bits per heavy atom. The minimum absolute atomic E-state index is 0.0436. The fourth-order valence-corrected chi connectivity index (χ4v) is 7.57. The molecule has 1 fully saturated rings. The molecule has 1 aliphatic rings. The second kappa shape index (κ2) is 28.9. The highest BCUT2D eigenvalue weighted by Crippen LogP contribution is 2.07. The minimum atomic E-state index is -0.956. The Kier molecular flexibility index (Phi) is 22.3. The summed E-state index contributed by atoms with van der Waals surface area (Å²) in [6.07, 6.45) is 8.59. The van der Waals surface area contributed by atoms with E-state index >= 15 is 0 Å². The number of carboxylic acids is 2. The monoisotopic (exact) mass is 895 g/mol. The molecule has 2 amide bonds. The fraction of sp³-hybridized carbons (Fsp3) is 0.489. The molecule has 0 spiro atoms. The second-order valence-corrected chi connectivity index (χ2v) is 16.2. The summed E-state index contributed by atoms with van der Waals surface area (Å²) >= 11 is 0. The number of pyridine rings is 4. The Morgan fingerprint density at radius 1 is 0.477 bits per heavy atom. The zero-order valence-electron chi connectivity index (χ0n) is 37.5. The molecule has 0 saturated carbocycles. The van der Waals surface area contributed by atoms with Crippen LogP contribution in [0.3, 0.4) is 0 Å². The Hall–Kier alpha value is -5.76. The standard InChI is InChI=1S/C47H66N12O6/c60-44(52-20-25-55(35-42-11-3-7-18-50-42)22-13-40-9-1-5-16-48-40)37-57-29-27-54(24-15-46(62)63)28-30-58(32-34-59(33-31-57)39-47(64)65)38-45(61)53-21-26-56(36-43-12-4-8-19-51-43)23-14-41-10-2-6-17-49-41/h1-12,16-19H,13-15,20-39H2,(H,52,60)(H,53,61)(H,62,63)(H,64,65). The summed E-state index contributed by atoms with van der Waals surface area (Å²) in [5.74, 6) is -2.15. The molecule has 18 nitrogen and oxygen atoms in total. The third kappa shape index (κ3) is 21.2. The van der Waals surface area contributed by atoms with Crippen LogP contribution in [0.5, 0.6) is 0 Å². The van der Waals surface area contributed by atoms with Crippen molar-refractivity contribution in [1.29, 1.82) is 0 Å². The van der Waals surface area contributed by atoms with Gasteiger partial charge in [0.25, 0.3) is 0 Å². The van der Waals surface area contributed by atoms with Gasteiger partial charge >= 0.3 is 11.9 Å².